The Bertz CT molecular complexity index is 884. The molecule has 4 heteroatoms. The van der Waals surface area contributed by atoms with Crippen molar-refractivity contribution >= 4 is 28.8 Å². The number of nitrogens with one attached hydrogen (secondary N) is 2. The highest BCUT2D eigenvalue weighted by atomic mass is 35.5. The molecule has 0 fully saturated rings. The van der Waals surface area contributed by atoms with Gasteiger partial charge in [0.2, 0.25) is 0 Å². The van der Waals surface area contributed by atoms with Crippen LogP contribution in [-0.2, 0) is 4.79 Å². The van der Waals surface area contributed by atoms with Crippen molar-refractivity contribution in [3.8, 4) is 0 Å². The number of anilines is 2. The molecule has 1 aliphatic heterocycles. The van der Waals surface area contributed by atoms with E-state index >= 15 is 0 Å². The summed E-state index contributed by atoms with van der Waals surface area (Å²) < 4.78 is 0. The van der Waals surface area contributed by atoms with Gasteiger partial charge in [-0.05, 0) is 67.6 Å². The van der Waals surface area contributed by atoms with E-state index < -0.39 is 0 Å². The van der Waals surface area contributed by atoms with Crippen molar-refractivity contribution in [2.24, 2.45) is 0 Å². The molecule has 2 aromatic carbocycles. The second kappa shape index (κ2) is 6.23. The maximum Gasteiger partial charge on any atom is 0.163 e. The number of ketones is 1. The van der Waals surface area contributed by atoms with Crippen molar-refractivity contribution in [2.45, 2.75) is 39.2 Å². The Hall–Kier alpha value is -2.26. The molecule has 0 saturated heterocycles. The van der Waals surface area contributed by atoms with Crippen LogP contribution in [0.2, 0.25) is 5.02 Å². The molecule has 0 aromatic heterocycles. The number of fused-ring (bicyclic) bond motifs is 1. The molecule has 2 N–H and O–H groups in total. The highest BCUT2D eigenvalue weighted by Crippen LogP contribution is 2.41. The molecule has 0 radical (unpaired) electrons. The molecule has 1 aliphatic carbocycles. The van der Waals surface area contributed by atoms with Crippen molar-refractivity contribution in [3.05, 3.63) is 69.4 Å². The highest BCUT2D eigenvalue weighted by molar-refractivity contribution is 6.30. The van der Waals surface area contributed by atoms with Gasteiger partial charge >= 0.3 is 0 Å². The summed E-state index contributed by atoms with van der Waals surface area (Å²) in [5, 5.41) is 7.85. The fraction of sp³-hybridized carbons (Fsp3) is 0.286. The fourth-order valence-corrected chi connectivity index (χ4v) is 3.79. The minimum absolute atomic E-state index is 0.157. The van der Waals surface area contributed by atoms with E-state index in [0.717, 1.165) is 41.1 Å². The van der Waals surface area contributed by atoms with Gasteiger partial charge in [-0.2, -0.15) is 0 Å². The molecule has 2 aromatic rings. The molecule has 0 saturated carbocycles. The number of carbonyl (C=O) groups excluding carboxylic acids is 1. The summed E-state index contributed by atoms with van der Waals surface area (Å²) in [4.78, 5) is 12.8. The molecule has 1 atom stereocenters. The van der Waals surface area contributed by atoms with Crippen molar-refractivity contribution in [2.75, 3.05) is 10.6 Å². The standard InChI is InChI=1S/C21H21ClN2O/c1-12-10-17-18(11-13(12)2)24-21(14-6-8-15(22)9-7-14)20-16(23-17)4-3-5-19(20)25/h6-11,21,23-24H,3-5H2,1-2H3/t21-/m0/s1. The van der Waals surface area contributed by atoms with Crippen molar-refractivity contribution < 1.29 is 4.79 Å². The van der Waals surface area contributed by atoms with Crippen molar-refractivity contribution in [3.63, 3.8) is 0 Å². The van der Waals surface area contributed by atoms with Gasteiger partial charge in [-0.1, -0.05) is 23.7 Å². The van der Waals surface area contributed by atoms with E-state index in [1.807, 2.05) is 24.3 Å². The third kappa shape index (κ3) is 2.93. The summed E-state index contributed by atoms with van der Waals surface area (Å²) in [6.45, 7) is 4.22. The van der Waals surface area contributed by atoms with Crippen LogP contribution in [0.1, 0.15) is 42.0 Å². The topological polar surface area (TPSA) is 41.1 Å². The van der Waals surface area contributed by atoms with Gasteiger partial charge in [0.1, 0.15) is 0 Å². The second-order valence-electron chi connectivity index (χ2n) is 6.90. The van der Waals surface area contributed by atoms with E-state index in [4.69, 9.17) is 11.6 Å². The van der Waals surface area contributed by atoms with E-state index in [0.29, 0.717) is 11.4 Å². The lowest BCUT2D eigenvalue weighted by atomic mass is 9.87. The van der Waals surface area contributed by atoms with Crippen LogP contribution in [-0.4, -0.2) is 5.78 Å². The van der Waals surface area contributed by atoms with Crippen molar-refractivity contribution in [1.82, 2.24) is 0 Å². The molecule has 0 bridgehead atoms. The minimum atomic E-state index is -0.157. The van der Waals surface area contributed by atoms with Crippen LogP contribution < -0.4 is 10.6 Å². The van der Waals surface area contributed by atoms with Gasteiger partial charge in [0.15, 0.2) is 5.78 Å². The number of hydrogen-bond donors (Lipinski definition) is 2. The molecule has 3 nitrogen and oxygen atoms in total. The predicted molar refractivity (Wildman–Crippen MR) is 103 cm³/mol. The van der Waals surface area contributed by atoms with Gasteiger partial charge < -0.3 is 10.6 Å². The molecular formula is C21H21ClN2O. The maximum atomic E-state index is 12.8. The monoisotopic (exact) mass is 352 g/mol. The first-order chi connectivity index (χ1) is 12.0. The molecule has 128 valence electrons. The fourth-order valence-electron chi connectivity index (χ4n) is 3.66. The van der Waals surface area contributed by atoms with Gasteiger partial charge in [0.05, 0.1) is 17.4 Å². The Kier molecular flexibility index (Phi) is 4.04. The van der Waals surface area contributed by atoms with Gasteiger partial charge in [0, 0.05) is 22.7 Å². The molecule has 1 heterocycles. The predicted octanol–water partition coefficient (Wildman–Crippen LogP) is 5.54. The van der Waals surface area contributed by atoms with Crippen LogP contribution in [0.4, 0.5) is 11.4 Å². The Morgan fingerprint density at radius 2 is 1.68 bits per heavy atom. The van der Waals surface area contributed by atoms with E-state index in [-0.39, 0.29) is 11.8 Å². The summed E-state index contributed by atoms with van der Waals surface area (Å²) in [6, 6.07) is 11.9. The number of carbonyl (C=O) groups is 1. The minimum Gasteiger partial charge on any atom is -0.372 e. The zero-order valence-electron chi connectivity index (χ0n) is 14.4. The highest BCUT2D eigenvalue weighted by Gasteiger charge is 2.32. The Labute approximate surface area is 153 Å². The second-order valence-corrected chi connectivity index (χ2v) is 7.34. The number of hydrogen-bond acceptors (Lipinski definition) is 3. The molecule has 4 rings (SSSR count). The number of aryl methyl sites for hydroxylation is 2. The molecule has 2 aliphatic rings. The number of rotatable bonds is 1. The smallest absolute Gasteiger partial charge is 0.163 e. The summed E-state index contributed by atoms with van der Waals surface area (Å²) >= 11 is 6.06. The Morgan fingerprint density at radius 3 is 2.40 bits per heavy atom. The lowest BCUT2D eigenvalue weighted by Crippen LogP contribution is -2.23. The third-order valence-corrected chi connectivity index (χ3v) is 5.42. The summed E-state index contributed by atoms with van der Waals surface area (Å²) in [7, 11) is 0. The molecule has 0 spiro atoms. The van der Waals surface area contributed by atoms with E-state index in [9.17, 15) is 4.79 Å². The summed E-state index contributed by atoms with van der Waals surface area (Å²) in [6.07, 6.45) is 2.41. The first-order valence-electron chi connectivity index (χ1n) is 8.69. The van der Waals surface area contributed by atoms with Crippen LogP contribution in [0.15, 0.2) is 47.7 Å². The van der Waals surface area contributed by atoms with Gasteiger partial charge in [-0.25, -0.2) is 0 Å². The normalized spacial score (nSPS) is 19.5. The number of benzene rings is 2. The molecule has 25 heavy (non-hydrogen) atoms. The zero-order valence-corrected chi connectivity index (χ0v) is 15.2. The Balaban J connectivity index is 1.88. The van der Waals surface area contributed by atoms with E-state index in [1.165, 1.54) is 11.1 Å². The van der Waals surface area contributed by atoms with Gasteiger partial charge in [0.25, 0.3) is 0 Å². The van der Waals surface area contributed by atoms with Crippen LogP contribution >= 0.6 is 11.6 Å². The third-order valence-electron chi connectivity index (χ3n) is 5.17. The quantitative estimate of drug-likeness (QED) is 0.707. The van der Waals surface area contributed by atoms with Crippen molar-refractivity contribution in [1.29, 1.82) is 0 Å². The van der Waals surface area contributed by atoms with Crippen LogP contribution in [0, 0.1) is 13.8 Å². The average molecular weight is 353 g/mol. The molecule has 0 amide bonds. The van der Waals surface area contributed by atoms with Gasteiger partial charge in [-0.15, -0.1) is 0 Å². The van der Waals surface area contributed by atoms with E-state index in [2.05, 4.69) is 36.6 Å². The molecular weight excluding hydrogens is 332 g/mol. The Morgan fingerprint density at radius 1 is 1.00 bits per heavy atom. The largest absolute Gasteiger partial charge is 0.372 e. The molecule has 0 unspecified atom stereocenters. The van der Waals surface area contributed by atoms with E-state index in [1.54, 1.807) is 0 Å². The van der Waals surface area contributed by atoms with Crippen LogP contribution in [0.3, 0.4) is 0 Å². The maximum absolute atomic E-state index is 12.8. The van der Waals surface area contributed by atoms with Crippen LogP contribution in [0.25, 0.3) is 0 Å². The number of allylic oxidation sites excluding steroid dienone is 1. The summed E-state index contributed by atoms with van der Waals surface area (Å²) in [5.74, 6) is 0.224. The summed E-state index contributed by atoms with van der Waals surface area (Å²) in [5.41, 5.74) is 7.51. The van der Waals surface area contributed by atoms with Gasteiger partial charge in [-0.3, -0.25) is 4.79 Å². The average Bonchev–Trinajstić information content (AvgIpc) is 2.74. The first-order valence-corrected chi connectivity index (χ1v) is 9.07. The lowest BCUT2D eigenvalue weighted by Gasteiger charge is -2.25. The zero-order chi connectivity index (χ0) is 17.6. The number of Topliss-reactive ketones (excluding diaryl/α,β-unsaturated/α-hetero) is 1. The van der Waals surface area contributed by atoms with Crippen LogP contribution in [0.5, 0.6) is 0 Å². The number of halogens is 1. The lowest BCUT2D eigenvalue weighted by molar-refractivity contribution is -0.116. The first kappa shape index (κ1) is 16.2. The SMILES string of the molecule is Cc1cc2c(cc1C)N[C@@H](c1ccc(Cl)cc1)C1=C(CCCC1=O)N2.